The molecule has 5 nitrogen and oxygen atoms in total. The Kier molecular flexibility index (Phi) is 4.95. The fraction of sp³-hybridized carbons (Fsp3) is 0.650. The van der Waals surface area contributed by atoms with Gasteiger partial charge in [0, 0.05) is 38.4 Å². The third kappa shape index (κ3) is 4.33. The number of carbonyl (C=O) groups is 1. The first kappa shape index (κ1) is 16.9. The zero-order chi connectivity index (χ0) is 17.1. The molecule has 2 aliphatic heterocycles. The molecule has 1 saturated carbocycles. The summed E-state index contributed by atoms with van der Waals surface area (Å²) in [6.45, 7) is 3.19. The molecule has 1 N–H and O–H groups in total. The van der Waals surface area contributed by atoms with Gasteiger partial charge < -0.3 is 19.7 Å². The molecule has 1 aromatic rings. The summed E-state index contributed by atoms with van der Waals surface area (Å²) < 4.78 is 12.3. The molecule has 1 aromatic carbocycles. The van der Waals surface area contributed by atoms with Crippen molar-refractivity contribution < 1.29 is 14.3 Å². The van der Waals surface area contributed by atoms with Crippen LogP contribution in [0, 0.1) is 5.92 Å². The van der Waals surface area contributed by atoms with Crippen LogP contribution in [-0.4, -0.2) is 48.9 Å². The summed E-state index contributed by atoms with van der Waals surface area (Å²) in [7, 11) is 0. The second-order valence-electron chi connectivity index (χ2n) is 7.71. The van der Waals surface area contributed by atoms with Crippen LogP contribution in [-0.2, 0) is 9.47 Å². The maximum absolute atomic E-state index is 12.4. The number of nitrogens with one attached hydrogen (secondary N) is 1. The lowest BCUT2D eigenvalue weighted by Gasteiger charge is -2.46. The number of anilines is 1. The van der Waals surface area contributed by atoms with Crippen LogP contribution in [0.1, 0.15) is 38.5 Å². The summed E-state index contributed by atoms with van der Waals surface area (Å²) in [5.74, 6) is 0.808. The molecule has 0 aromatic heterocycles. The summed E-state index contributed by atoms with van der Waals surface area (Å²) in [6, 6.07) is 9.61. The number of likely N-dealkylation sites (tertiary alicyclic amines) is 1. The van der Waals surface area contributed by atoms with E-state index in [-0.39, 0.29) is 11.6 Å². The van der Waals surface area contributed by atoms with Crippen molar-refractivity contribution in [2.75, 3.05) is 31.6 Å². The largest absolute Gasteiger partial charge is 0.378 e. The standard InChI is InChI=1S/C20H28N2O3/c23-19(21-17-4-2-1-3-5-17)22-11-9-20(10-12-22)14-18(8-13-25-20)24-15-16-6-7-16/h1-5,16,18H,6-15H2,(H,21,23). The van der Waals surface area contributed by atoms with Gasteiger partial charge in [0.25, 0.3) is 0 Å². The number of benzene rings is 1. The average Bonchev–Trinajstić information content (AvgIpc) is 3.46. The van der Waals surface area contributed by atoms with Gasteiger partial charge in [-0.2, -0.15) is 0 Å². The monoisotopic (exact) mass is 344 g/mol. The van der Waals surface area contributed by atoms with E-state index in [4.69, 9.17) is 9.47 Å². The van der Waals surface area contributed by atoms with E-state index in [1.807, 2.05) is 35.2 Å². The summed E-state index contributed by atoms with van der Waals surface area (Å²) in [5.41, 5.74) is 0.756. The lowest BCUT2D eigenvalue weighted by Crippen LogP contribution is -2.52. The van der Waals surface area contributed by atoms with Gasteiger partial charge in [-0.15, -0.1) is 0 Å². The average molecular weight is 344 g/mol. The normalized spacial score (nSPS) is 25.8. The quantitative estimate of drug-likeness (QED) is 0.907. The number of nitrogens with zero attached hydrogens (tertiary/aromatic N) is 1. The number of carbonyl (C=O) groups excluding carboxylic acids is 1. The fourth-order valence-electron chi connectivity index (χ4n) is 3.87. The Morgan fingerprint density at radius 2 is 1.96 bits per heavy atom. The summed E-state index contributed by atoms with van der Waals surface area (Å²) >= 11 is 0. The van der Waals surface area contributed by atoms with E-state index in [1.165, 1.54) is 12.8 Å². The van der Waals surface area contributed by atoms with Crippen LogP contribution in [0.4, 0.5) is 10.5 Å². The summed E-state index contributed by atoms with van der Waals surface area (Å²) in [5, 5.41) is 2.97. The van der Waals surface area contributed by atoms with Crippen LogP contribution in [0.15, 0.2) is 30.3 Å². The van der Waals surface area contributed by atoms with Crippen LogP contribution in [0.25, 0.3) is 0 Å². The number of rotatable bonds is 4. The first-order chi connectivity index (χ1) is 12.2. The van der Waals surface area contributed by atoms with Crippen LogP contribution in [0.3, 0.4) is 0 Å². The molecular formula is C20H28N2O3. The highest BCUT2D eigenvalue weighted by atomic mass is 16.5. The highest BCUT2D eigenvalue weighted by Gasteiger charge is 2.41. The van der Waals surface area contributed by atoms with Crippen molar-refractivity contribution in [2.45, 2.75) is 50.2 Å². The van der Waals surface area contributed by atoms with Crippen molar-refractivity contribution in [1.82, 2.24) is 4.90 Å². The molecule has 5 heteroatoms. The van der Waals surface area contributed by atoms with E-state index in [2.05, 4.69) is 5.32 Å². The van der Waals surface area contributed by atoms with Gasteiger partial charge >= 0.3 is 6.03 Å². The second kappa shape index (κ2) is 7.34. The van der Waals surface area contributed by atoms with Crippen LogP contribution in [0.5, 0.6) is 0 Å². The third-order valence-corrected chi connectivity index (χ3v) is 5.70. The first-order valence-electron chi connectivity index (χ1n) is 9.59. The van der Waals surface area contributed by atoms with E-state index in [0.717, 1.165) is 63.6 Å². The van der Waals surface area contributed by atoms with Crippen molar-refractivity contribution in [1.29, 1.82) is 0 Å². The third-order valence-electron chi connectivity index (χ3n) is 5.70. The van der Waals surface area contributed by atoms with E-state index in [0.29, 0.717) is 6.10 Å². The van der Waals surface area contributed by atoms with Crippen LogP contribution < -0.4 is 5.32 Å². The number of hydrogen-bond acceptors (Lipinski definition) is 3. The molecule has 136 valence electrons. The Morgan fingerprint density at radius 3 is 2.68 bits per heavy atom. The summed E-state index contributed by atoms with van der Waals surface area (Å²) in [4.78, 5) is 14.3. The number of para-hydroxylation sites is 1. The van der Waals surface area contributed by atoms with E-state index in [9.17, 15) is 4.79 Å². The number of urea groups is 1. The highest BCUT2D eigenvalue weighted by molar-refractivity contribution is 5.89. The number of ether oxygens (including phenoxy) is 2. The van der Waals surface area contributed by atoms with Gasteiger partial charge in [0.2, 0.25) is 0 Å². The van der Waals surface area contributed by atoms with E-state index >= 15 is 0 Å². The second-order valence-corrected chi connectivity index (χ2v) is 7.71. The lowest BCUT2D eigenvalue weighted by atomic mass is 9.83. The lowest BCUT2D eigenvalue weighted by molar-refractivity contribution is -0.152. The predicted molar refractivity (Wildman–Crippen MR) is 96.6 cm³/mol. The molecule has 1 spiro atoms. The summed E-state index contributed by atoms with van der Waals surface area (Å²) in [6.07, 6.45) is 6.79. The van der Waals surface area contributed by atoms with Gasteiger partial charge in [-0.25, -0.2) is 4.79 Å². The molecule has 1 unspecified atom stereocenters. The van der Waals surface area contributed by atoms with Crippen molar-refractivity contribution in [2.24, 2.45) is 5.92 Å². The Balaban J connectivity index is 1.27. The molecule has 1 aliphatic carbocycles. The number of hydrogen-bond donors (Lipinski definition) is 1. The molecule has 2 heterocycles. The van der Waals surface area contributed by atoms with Gasteiger partial charge in [-0.1, -0.05) is 18.2 Å². The van der Waals surface area contributed by atoms with Gasteiger partial charge in [0.15, 0.2) is 0 Å². The molecule has 0 radical (unpaired) electrons. The fourth-order valence-corrected chi connectivity index (χ4v) is 3.87. The molecule has 3 aliphatic rings. The van der Waals surface area contributed by atoms with Crippen molar-refractivity contribution >= 4 is 11.7 Å². The van der Waals surface area contributed by atoms with Crippen LogP contribution >= 0.6 is 0 Å². The minimum absolute atomic E-state index is 0.0154. The zero-order valence-electron chi connectivity index (χ0n) is 14.8. The van der Waals surface area contributed by atoms with E-state index in [1.54, 1.807) is 0 Å². The first-order valence-corrected chi connectivity index (χ1v) is 9.59. The SMILES string of the molecule is O=C(Nc1ccccc1)N1CCC2(CC1)CC(OCC1CC1)CCO2. The molecule has 1 atom stereocenters. The van der Waals surface area contributed by atoms with Crippen molar-refractivity contribution in [3.8, 4) is 0 Å². The molecule has 0 bridgehead atoms. The van der Waals surface area contributed by atoms with Crippen molar-refractivity contribution in [3.63, 3.8) is 0 Å². The topological polar surface area (TPSA) is 50.8 Å². The highest BCUT2D eigenvalue weighted by Crippen LogP contribution is 2.37. The Labute approximate surface area is 149 Å². The minimum atomic E-state index is -0.0873. The number of piperidine rings is 1. The zero-order valence-corrected chi connectivity index (χ0v) is 14.8. The molecule has 25 heavy (non-hydrogen) atoms. The minimum Gasteiger partial charge on any atom is -0.378 e. The van der Waals surface area contributed by atoms with Gasteiger partial charge in [-0.05, 0) is 50.2 Å². The molecule has 2 saturated heterocycles. The van der Waals surface area contributed by atoms with Gasteiger partial charge in [-0.3, -0.25) is 0 Å². The molecule has 4 rings (SSSR count). The maximum atomic E-state index is 12.4. The van der Waals surface area contributed by atoms with Gasteiger partial charge in [0.05, 0.1) is 11.7 Å². The Bertz CT molecular complexity index is 580. The molecule has 2 amide bonds. The Morgan fingerprint density at radius 1 is 1.20 bits per heavy atom. The van der Waals surface area contributed by atoms with Gasteiger partial charge in [0.1, 0.15) is 0 Å². The van der Waals surface area contributed by atoms with Crippen LogP contribution in [0.2, 0.25) is 0 Å². The Hall–Kier alpha value is -1.59. The van der Waals surface area contributed by atoms with E-state index < -0.39 is 0 Å². The smallest absolute Gasteiger partial charge is 0.321 e. The number of amides is 2. The molecular weight excluding hydrogens is 316 g/mol. The molecule has 3 fully saturated rings. The maximum Gasteiger partial charge on any atom is 0.321 e. The van der Waals surface area contributed by atoms with Crippen molar-refractivity contribution in [3.05, 3.63) is 30.3 Å². The predicted octanol–water partition coefficient (Wildman–Crippen LogP) is 3.66.